The highest BCUT2D eigenvalue weighted by Crippen LogP contribution is 2.38. The van der Waals surface area contributed by atoms with E-state index in [9.17, 15) is 0 Å². The van der Waals surface area contributed by atoms with Crippen molar-refractivity contribution in [3.05, 3.63) is 11.4 Å². The van der Waals surface area contributed by atoms with Gasteiger partial charge in [0.2, 0.25) is 0 Å². The fourth-order valence-electron chi connectivity index (χ4n) is 0.516. The lowest BCUT2D eigenvalue weighted by atomic mass is 10.4. The maximum absolute atomic E-state index is 2.24. The molecule has 6 heavy (non-hydrogen) atoms. The Balaban J connectivity index is 2.34. The van der Waals surface area contributed by atoms with Crippen molar-refractivity contribution in [3.63, 3.8) is 0 Å². The van der Waals surface area contributed by atoms with Gasteiger partial charge in [-0.05, 0) is 19.5 Å². The van der Waals surface area contributed by atoms with E-state index in [0.717, 1.165) is 0 Å². The Morgan fingerprint density at radius 2 is 2.50 bits per heavy atom. The SMILES string of the molecule is CC=C1CCP1. The van der Waals surface area contributed by atoms with Gasteiger partial charge >= 0.3 is 0 Å². The van der Waals surface area contributed by atoms with Gasteiger partial charge in [0, 0.05) is 0 Å². The predicted octanol–water partition coefficient (Wildman–Crippen LogP) is 1.97. The Labute approximate surface area is 40.4 Å². The number of hydrogen-bond donors (Lipinski definition) is 0. The summed E-state index contributed by atoms with van der Waals surface area (Å²) in [7, 11) is 1.17. The van der Waals surface area contributed by atoms with Crippen molar-refractivity contribution < 1.29 is 0 Å². The molecular weight excluding hydrogens is 91.0 g/mol. The van der Waals surface area contributed by atoms with Gasteiger partial charge in [0.15, 0.2) is 0 Å². The van der Waals surface area contributed by atoms with Gasteiger partial charge in [-0.2, -0.15) is 0 Å². The van der Waals surface area contributed by atoms with Crippen LogP contribution in [0.3, 0.4) is 0 Å². The van der Waals surface area contributed by atoms with Crippen molar-refractivity contribution in [1.29, 1.82) is 0 Å². The standard InChI is InChI=1S/C5H9P/c1-2-5-3-4-6-5/h2,6H,3-4H2,1H3. The second kappa shape index (κ2) is 1.75. The summed E-state index contributed by atoms with van der Waals surface area (Å²) in [5, 5.41) is 1.68. The fraction of sp³-hybridized carbons (Fsp3) is 0.600. The maximum Gasteiger partial charge on any atom is -0.0240 e. The highest BCUT2D eigenvalue weighted by Gasteiger charge is 2.04. The Hall–Kier alpha value is 0.170. The van der Waals surface area contributed by atoms with Gasteiger partial charge in [0.1, 0.15) is 0 Å². The van der Waals surface area contributed by atoms with E-state index >= 15 is 0 Å². The Morgan fingerprint density at radius 3 is 2.50 bits per heavy atom. The zero-order chi connectivity index (χ0) is 4.41. The molecule has 0 N–H and O–H groups in total. The molecule has 1 heteroatoms. The molecule has 0 radical (unpaired) electrons. The second-order valence-corrected chi connectivity index (χ2v) is 2.99. The molecule has 0 aliphatic carbocycles. The minimum absolute atomic E-state index is 1.17. The average Bonchev–Trinajstić information content (AvgIpc) is 1.31. The predicted molar refractivity (Wildman–Crippen MR) is 31.6 cm³/mol. The molecule has 0 aromatic heterocycles. The lowest BCUT2D eigenvalue weighted by molar-refractivity contribution is 1.14. The molecule has 0 saturated carbocycles. The highest BCUT2D eigenvalue weighted by atomic mass is 31.1. The van der Waals surface area contributed by atoms with Crippen LogP contribution in [0, 0.1) is 0 Å². The van der Waals surface area contributed by atoms with Crippen LogP contribution in [-0.2, 0) is 0 Å². The summed E-state index contributed by atoms with van der Waals surface area (Å²) in [5.74, 6) is 0. The normalized spacial score (nSPS) is 31.2. The van der Waals surface area contributed by atoms with E-state index in [2.05, 4.69) is 13.0 Å². The third kappa shape index (κ3) is 0.628. The second-order valence-electron chi connectivity index (χ2n) is 1.49. The molecule has 0 nitrogen and oxygen atoms in total. The smallest absolute Gasteiger partial charge is 0.0240 e. The molecule has 1 aliphatic rings. The Morgan fingerprint density at radius 1 is 1.83 bits per heavy atom. The van der Waals surface area contributed by atoms with Crippen molar-refractivity contribution in [2.24, 2.45) is 0 Å². The summed E-state index contributed by atoms with van der Waals surface area (Å²) >= 11 is 0. The largest absolute Gasteiger partial charge is 0.0949 e. The van der Waals surface area contributed by atoms with Crippen LogP contribution in [0.25, 0.3) is 0 Å². The van der Waals surface area contributed by atoms with Crippen molar-refractivity contribution in [2.75, 3.05) is 6.16 Å². The molecule has 0 amide bonds. The van der Waals surface area contributed by atoms with Gasteiger partial charge in [-0.25, -0.2) is 0 Å². The minimum Gasteiger partial charge on any atom is -0.0949 e. The molecule has 1 fully saturated rings. The van der Waals surface area contributed by atoms with Gasteiger partial charge in [-0.3, -0.25) is 0 Å². The van der Waals surface area contributed by atoms with Crippen molar-refractivity contribution in [3.8, 4) is 0 Å². The van der Waals surface area contributed by atoms with E-state index in [0.29, 0.717) is 0 Å². The van der Waals surface area contributed by atoms with Crippen LogP contribution in [0.5, 0.6) is 0 Å². The van der Waals surface area contributed by atoms with E-state index in [1.807, 2.05) is 0 Å². The minimum atomic E-state index is 1.17. The highest BCUT2D eigenvalue weighted by molar-refractivity contribution is 7.45. The molecule has 1 rings (SSSR count). The molecule has 0 bridgehead atoms. The summed E-state index contributed by atoms with van der Waals surface area (Å²) < 4.78 is 0. The summed E-state index contributed by atoms with van der Waals surface area (Å²) in [6.07, 6.45) is 5.08. The first-order valence-electron chi connectivity index (χ1n) is 2.32. The molecular formula is C5H9P. The molecule has 0 aromatic carbocycles. The van der Waals surface area contributed by atoms with Gasteiger partial charge in [-0.15, -0.1) is 0 Å². The topological polar surface area (TPSA) is 0 Å². The Kier molecular flexibility index (Phi) is 1.26. The van der Waals surface area contributed by atoms with Crippen LogP contribution in [0.4, 0.5) is 0 Å². The summed E-state index contributed by atoms with van der Waals surface area (Å²) in [5.41, 5.74) is 0. The molecule has 1 aliphatic heterocycles. The molecule has 1 atom stereocenters. The third-order valence-electron chi connectivity index (χ3n) is 1.09. The van der Waals surface area contributed by atoms with Crippen LogP contribution in [0.15, 0.2) is 11.4 Å². The summed E-state index contributed by atoms with van der Waals surface area (Å²) in [4.78, 5) is 0. The summed E-state index contributed by atoms with van der Waals surface area (Å²) in [6.45, 7) is 2.13. The Bertz CT molecular complexity index is 68.0. The molecule has 1 unspecified atom stereocenters. The van der Waals surface area contributed by atoms with Crippen LogP contribution in [-0.4, -0.2) is 6.16 Å². The van der Waals surface area contributed by atoms with E-state index in [1.165, 1.54) is 21.2 Å². The first kappa shape index (κ1) is 4.33. The van der Waals surface area contributed by atoms with Gasteiger partial charge < -0.3 is 0 Å². The molecule has 0 aromatic rings. The number of rotatable bonds is 0. The third-order valence-corrected chi connectivity index (χ3v) is 2.59. The van der Waals surface area contributed by atoms with Crippen molar-refractivity contribution in [1.82, 2.24) is 0 Å². The monoisotopic (exact) mass is 100 g/mol. The van der Waals surface area contributed by atoms with Crippen molar-refractivity contribution in [2.45, 2.75) is 13.3 Å². The maximum atomic E-state index is 2.24. The first-order valence-corrected chi connectivity index (χ1v) is 3.53. The van der Waals surface area contributed by atoms with E-state index < -0.39 is 0 Å². The fourth-order valence-corrected chi connectivity index (χ4v) is 1.26. The van der Waals surface area contributed by atoms with Gasteiger partial charge in [-0.1, -0.05) is 20.0 Å². The molecule has 0 spiro atoms. The van der Waals surface area contributed by atoms with E-state index in [1.54, 1.807) is 5.31 Å². The average molecular weight is 100 g/mol. The molecule has 1 saturated heterocycles. The quantitative estimate of drug-likeness (QED) is 0.408. The summed E-state index contributed by atoms with van der Waals surface area (Å²) in [6, 6.07) is 0. The van der Waals surface area contributed by atoms with Crippen molar-refractivity contribution >= 4 is 8.58 Å². The van der Waals surface area contributed by atoms with Crippen LogP contribution < -0.4 is 0 Å². The lowest BCUT2D eigenvalue weighted by Gasteiger charge is -2.14. The van der Waals surface area contributed by atoms with E-state index in [4.69, 9.17) is 0 Å². The van der Waals surface area contributed by atoms with E-state index in [-0.39, 0.29) is 0 Å². The zero-order valence-corrected chi connectivity index (χ0v) is 4.99. The van der Waals surface area contributed by atoms with Crippen LogP contribution in [0.1, 0.15) is 13.3 Å². The number of allylic oxidation sites excluding steroid dienone is 2. The van der Waals surface area contributed by atoms with Crippen LogP contribution in [0.2, 0.25) is 0 Å². The molecule has 34 valence electrons. The van der Waals surface area contributed by atoms with Gasteiger partial charge in [0.05, 0.1) is 0 Å². The van der Waals surface area contributed by atoms with Gasteiger partial charge in [0.25, 0.3) is 0 Å². The molecule has 1 heterocycles. The number of hydrogen-bond acceptors (Lipinski definition) is 0. The van der Waals surface area contributed by atoms with Crippen LogP contribution >= 0.6 is 8.58 Å². The zero-order valence-electron chi connectivity index (χ0n) is 3.99. The first-order chi connectivity index (χ1) is 2.93. The lowest BCUT2D eigenvalue weighted by Crippen LogP contribution is -1.89.